The van der Waals surface area contributed by atoms with Gasteiger partial charge in [-0.1, -0.05) is 0 Å². The molecule has 0 aliphatic rings. The van der Waals surface area contributed by atoms with Crippen LogP contribution in [0.4, 0.5) is 22.0 Å². The molecule has 16 heavy (non-hydrogen) atoms. The summed E-state index contributed by atoms with van der Waals surface area (Å²) in [6.45, 7) is 0. The van der Waals surface area contributed by atoms with E-state index in [9.17, 15) is 22.0 Å². The second kappa shape index (κ2) is 4.48. The minimum atomic E-state index is -5.00. The van der Waals surface area contributed by atoms with Gasteiger partial charge in [-0.15, -0.1) is 0 Å². The first-order valence-electron chi connectivity index (χ1n) is 3.73. The van der Waals surface area contributed by atoms with Gasteiger partial charge in [0.1, 0.15) is 6.07 Å². The largest absolute Gasteiger partial charge is 0.433 e. The average Bonchev–Trinajstić information content (AvgIpc) is 2.14. The van der Waals surface area contributed by atoms with Crippen LogP contribution in [0.5, 0.6) is 0 Å². The van der Waals surface area contributed by atoms with Crippen molar-refractivity contribution < 1.29 is 22.0 Å². The van der Waals surface area contributed by atoms with Crippen molar-refractivity contribution in [1.29, 1.82) is 5.26 Å². The molecule has 0 bridgehead atoms. The molecule has 0 aliphatic heterocycles. The summed E-state index contributed by atoms with van der Waals surface area (Å²) >= 11 is 1.48. The lowest BCUT2D eigenvalue weighted by atomic mass is 10.1. The van der Waals surface area contributed by atoms with Crippen LogP contribution in [0, 0.1) is 14.9 Å². The van der Waals surface area contributed by atoms with Gasteiger partial charge in [0.25, 0.3) is 6.43 Å². The molecule has 0 atom stereocenters. The Labute approximate surface area is 100 Å². The van der Waals surface area contributed by atoms with Crippen LogP contribution >= 0.6 is 22.6 Å². The van der Waals surface area contributed by atoms with Gasteiger partial charge < -0.3 is 0 Å². The molecule has 0 N–H and O–H groups in total. The summed E-state index contributed by atoms with van der Waals surface area (Å²) in [7, 11) is 0. The van der Waals surface area contributed by atoms with Crippen LogP contribution in [0.15, 0.2) is 6.20 Å². The van der Waals surface area contributed by atoms with Crippen LogP contribution in [-0.4, -0.2) is 4.98 Å². The second-order valence-corrected chi connectivity index (χ2v) is 3.82. The van der Waals surface area contributed by atoms with Gasteiger partial charge in [0.15, 0.2) is 5.69 Å². The van der Waals surface area contributed by atoms with Crippen molar-refractivity contribution in [2.45, 2.75) is 12.6 Å². The lowest BCUT2D eigenvalue weighted by Crippen LogP contribution is -2.14. The van der Waals surface area contributed by atoms with E-state index in [1.165, 1.54) is 28.7 Å². The van der Waals surface area contributed by atoms with Crippen molar-refractivity contribution in [1.82, 2.24) is 4.98 Å². The first-order chi connectivity index (χ1) is 7.29. The summed E-state index contributed by atoms with van der Waals surface area (Å²) in [4.78, 5) is 2.92. The SMILES string of the molecule is N#Cc1c(I)cnc(C(F)(F)F)c1C(F)F. The molecule has 1 aromatic heterocycles. The van der Waals surface area contributed by atoms with Crippen molar-refractivity contribution >= 4 is 22.6 Å². The summed E-state index contributed by atoms with van der Waals surface area (Å²) in [5.41, 5.74) is -3.75. The van der Waals surface area contributed by atoms with Crippen LogP contribution in [0.25, 0.3) is 0 Å². The predicted molar refractivity (Wildman–Crippen MR) is 51.6 cm³/mol. The highest BCUT2D eigenvalue weighted by Crippen LogP contribution is 2.37. The number of pyridine rings is 1. The Morgan fingerprint density at radius 1 is 1.38 bits per heavy atom. The third-order valence-electron chi connectivity index (χ3n) is 1.67. The quantitative estimate of drug-likeness (QED) is 0.575. The number of nitriles is 1. The summed E-state index contributed by atoms with van der Waals surface area (Å²) in [5, 5.41) is 8.56. The third-order valence-corrected chi connectivity index (χ3v) is 2.49. The number of aromatic nitrogens is 1. The van der Waals surface area contributed by atoms with Crippen molar-refractivity contribution in [2.24, 2.45) is 0 Å². The first-order valence-corrected chi connectivity index (χ1v) is 4.80. The molecule has 0 radical (unpaired) electrons. The van der Waals surface area contributed by atoms with Crippen molar-refractivity contribution in [3.05, 3.63) is 26.6 Å². The van der Waals surface area contributed by atoms with Crippen LogP contribution < -0.4 is 0 Å². The minimum absolute atomic E-state index is 0.0385. The Hall–Kier alpha value is -0.980. The molecule has 0 unspecified atom stereocenters. The van der Waals surface area contributed by atoms with E-state index in [0.717, 1.165) is 6.20 Å². The Morgan fingerprint density at radius 3 is 2.31 bits per heavy atom. The van der Waals surface area contributed by atoms with Gasteiger partial charge in [-0.2, -0.15) is 18.4 Å². The fourth-order valence-corrected chi connectivity index (χ4v) is 1.60. The normalized spacial score (nSPS) is 11.6. The summed E-state index contributed by atoms with van der Waals surface area (Å²) in [6, 6.07) is 1.33. The van der Waals surface area contributed by atoms with Crippen LogP contribution in [-0.2, 0) is 6.18 Å². The minimum Gasteiger partial charge on any atom is -0.250 e. The zero-order valence-electron chi connectivity index (χ0n) is 7.32. The number of nitrogens with zero attached hydrogens (tertiary/aromatic N) is 2. The second-order valence-electron chi connectivity index (χ2n) is 2.65. The molecule has 1 heterocycles. The summed E-state index contributed by atoms with van der Waals surface area (Å²) < 4.78 is 62.0. The molecule has 0 amide bonds. The molecule has 0 saturated carbocycles. The molecule has 0 aromatic carbocycles. The van der Waals surface area contributed by atoms with Gasteiger partial charge in [-0.25, -0.2) is 8.78 Å². The van der Waals surface area contributed by atoms with E-state index in [1.54, 1.807) is 0 Å². The molecule has 86 valence electrons. The molecule has 0 aliphatic carbocycles. The average molecular weight is 348 g/mol. The topological polar surface area (TPSA) is 36.7 Å². The lowest BCUT2D eigenvalue weighted by molar-refractivity contribution is -0.143. The summed E-state index contributed by atoms with van der Waals surface area (Å²) in [5.74, 6) is 0. The maximum absolute atomic E-state index is 12.5. The van der Waals surface area contributed by atoms with Crippen LogP contribution in [0.3, 0.4) is 0 Å². The number of rotatable bonds is 1. The van der Waals surface area contributed by atoms with Gasteiger partial charge in [0.2, 0.25) is 0 Å². The number of halogens is 6. The van der Waals surface area contributed by atoms with Gasteiger partial charge in [0.05, 0.1) is 11.1 Å². The highest BCUT2D eigenvalue weighted by molar-refractivity contribution is 14.1. The van der Waals surface area contributed by atoms with E-state index >= 15 is 0 Å². The van der Waals surface area contributed by atoms with E-state index in [4.69, 9.17) is 5.26 Å². The van der Waals surface area contributed by atoms with Crippen LogP contribution in [0.2, 0.25) is 0 Å². The molecule has 0 saturated heterocycles. The van der Waals surface area contributed by atoms with Gasteiger partial charge in [-0.3, -0.25) is 4.98 Å². The number of alkyl halides is 5. The van der Waals surface area contributed by atoms with E-state index < -0.39 is 29.4 Å². The van der Waals surface area contributed by atoms with E-state index in [2.05, 4.69) is 4.98 Å². The van der Waals surface area contributed by atoms with E-state index in [-0.39, 0.29) is 3.57 Å². The Morgan fingerprint density at radius 2 is 1.94 bits per heavy atom. The molecule has 0 spiro atoms. The molecule has 1 aromatic rings. The summed E-state index contributed by atoms with van der Waals surface area (Å²) in [6.07, 6.45) is -7.65. The zero-order valence-corrected chi connectivity index (χ0v) is 9.47. The third kappa shape index (κ3) is 2.40. The molecular formula is C8H2F5IN2. The van der Waals surface area contributed by atoms with Gasteiger partial charge >= 0.3 is 6.18 Å². The maximum atomic E-state index is 12.5. The first kappa shape index (κ1) is 13.1. The molecule has 8 heteroatoms. The monoisotopic (exact) mass is 348 g/mol. The number of hydrogen-bond donors (Lipinski definition) is 0. The Bertz CT molecular complexity index is 449. The fourth-order valence-electron chi connectivity index (χ4n) is 1.05. The van der Waals surface area contributed by atoms with Crippen molar-refractivity contribution in [2.75, 3.05) is 0 Å². The predicted octanol–water partition coefficient (Wildman–Crippen LogP) is 3.51. The molecule has 1 rings (SSSR count). The van der Waals surface area contributed by atoms with E-state index in [1.807, 2.05) is 0 Å². The fraction of sp³-hybridized carbons (Fsp3) is 0.250. The standard InChI is InChI=1S/C8H2F5IN2/c9-7(10)5-3(1-15)4(14)2-16-6(5)8(11,12)13/h2,7H. The van der Waals surface area contributed by atoms with Crippen molar-refractivity contribution in [3.8, 4) is 6.07 Å². The van der Waals surface area contributed by atoms with Crippen LogP contribution in [0.1, 0.15) is 23.2 Å². The Kier molecular flexibility index (Phi) is 3.67. The maximum Gasteiger partial charge on any atom is 0.433 e. The smallest absolute Gasteiger partial charge is 0.250 e. The van der Waals surface area contributed by atoms with Gasteiger partial charge in [-0.05, 0) is 22.6 Å². The highest BCUT2D eigenvalue weighted by atomic mass is 127. The van der Waals surface area contributed by atoms with Gasteiger partial charge in [0, 0.05) is 9.77 Å². The molecule has 0 fully saturated rings. The lowest BCUT2D eigenvalue weighted by Gasteiger charge is -2.13. The molecular weight excluding hydrogens is 346 g/mol. The highest BCUT2D eigenvalue weighted by Gasteiger charge is 2.39. The zero-order chi connectivity index (χ0) is 12.5. The number of hydrogen-bond acceptors (Lipinski definition) is 2. The van der Waals surface area contributed by atoms with Crippen molar-refractivity contribution in [3.63, 3.8) is 0 Å². The molecule has 2 nitrogen and oxygen atoms in total. The Balaban J connectivity index is 3.60. The van der Waals surface area contributed by atoms with E-state index in [0.29, 0.717) is 0 Å².